The van der Waals surface area contributed by atoms with Gasteiger partial charge in [0.1, 0.15) is 12.4 Å². The summed E-state index contributed by atoms with van der Waals surface area (Å²) in [6.07, 6.45) is 0.419. The van der Waals surface area contributed by atoms with Crippen molar-refractivity contribution in [3.63, 3.8) is 0 Å². The van der Waals surface area contributed by atoms with Gasteiger partial charge in [-0.1, -0.05) is 72.8 Å². The monoisotopic (exact) mass is 361 g/mol. The zero-order valence-electron chi connectivity index (χ0n) is 15.7. The average Bonchev–Trinajstić information content (AvgIpc) is 2.73. The smallest absolute Gasteiger partial charge is 0.119 e. The Balaban J connectivity index is 1.43. The maximum Gasteiger partial charge on any atom is 0.119 e. The minimum absolute atomic E-state index is 0.277. The Bertz CT molecular complexity index is 788. The molecule has 0 aliphatic carbocycles. The van der Waals surface area contributed by atoms with Gasteiger partial charge in [-0.15, -0.1) is 0 Å². The summed E-state index contributed by atoms with van der Waals surface area (Å²) >= 11 is 0. The molecule has 0 radical (unpaired) electrons. The van der Waals surface area contributed by atoms with E-state index in [1.54, 1.807) is 0 Å². The molecule has 140 valence electrons. The van der Waals surface area contributed by atoms with Gasteiger partial charge in [-0.2, -0.15) is 0 Å². The van der Waals surface area contributed by atoms with Gasteiger partial charge in [0, 0.05) is 12.6 Å². The molecule has 3 rings (SSSR count). The predicted molar refractivity (Wildman–Crippen MR) is 110 cm³/mol. The van der Waals surface area contributed by atoms with Crippen LogP contribution in [0.5, 0.6) is 5.75 Å². The highest BCUT2D eigenvalue weighted by molar-refractivity contribution is 5.28. The fourth-order valence-electron chi connectivity index (χ4n) is 2.99. The number of aliphatic hydroxyl groups is 1. The lowest BCUT2D eigenvalue weighted by atomic mass is 10.1. The van der Waals surface area contributed by atoms with Crippen molar-refractivity contribution in [1.29, 1.82) is 0 Å². The molecule has 0 aliphatic heterocycles. The lowest BCUT2D eigenvalue weighted by Crippen LogP contribution is -2.32. The van der Waals surface area contributed by atoms with Gasteiger partial charge >= 0.3 is 0 Å². The molecule has 3 heteroatoms. The summed E-state index contributed by atoms with van der Waals surface area (Å²) in [4.78, 5) is 0. The zero-order valence-corrected chi connectivity index (χ0v) is 15.7. The van der Waals surface area contributed by atoms with Crippen LogP contribution in [-0.4, -0.2) is 17.7 Å². The molecule has 0 fully saturated rings. The SMILES string of the molecule is C[C@H](Cc1ccc(OCc2ccccc2)cc1)NC[C@H](O)c1ccccc1. The molecule has 0 heterocycles. The van der Waals surface area contributed by atoms with E-state index in [4.69, 9.17) is 4.74 Å². The third kappa shape index (κ3) is 6.24. The van der Waals surface area contributed by atoms with Gasteiger partial charge in [-0.05, 0) is 42.2 Å². The molecule has 3 nitrogen and oxygen atoms in total. The van der Waals surface area contributed by atoms with Crippen LogP contribution in [0, 0.1) is 0 Å². The van der Waals surface area contributed by atoms with E-state index in [0.29, 0.717) is 13.2 Å². The number of hydrogen-bond donors (Lipinski definition) is 2. The number of benzene rings is 3. The van der Waals surface area contributed by atoms with Crippen molar-refractivity contribution in [2.45, 2.75) is 32.1 Å². The lowest BCUT2D eigenvalue weighted by molar-refractivity contribution is 0.170. The largest absolute Gasteiger partial charge is 0.489 e. The number of nitrogens with one attached hydrogen (secondary N) is 1. The number of hydrogen-bond acceptors (Lipinski definition) is 3. The van der Waals surface area contributed by atoms with E-state index >= 15 is 0 Å². The van der Waals surface area contributed by atoms with Crippen LogP contribution in [0.25, 0.3) is 0 Å². The normalized spacial score (nSPS) is 13.1. The minimum Gasteiger partial charge on any atom is -0.489 e. The molecule has 0 bridgehead atoms. The molecule has 3 aromatic rings. The van der Waals surface area contributed by atoms with Gasteiger partial charge in [0.2, 0.25) is 0 Å². The molecule has 0 saturated heterocycles. The van der Waals surface area contributed by atoms with Crippen LogP contribution in [0.15, 0.2) is 84.9 Å². The van der Waals surface area contributed by atoms with Crippen LogP contribution >= 0.6 is 0 Å². The number of rotatable bonds is 9. The van der Waals surface area contributed by atoms with Crippen molar-refractivity contribution in [1.82, 2.24) is 5.32 Å². The molecular formula is C24H27NO2. The fourth-order valence-corrected chi connectivity index (χ4v) is 2.99. The second-order valence-electron chi connectivity index (χ2n) is 6.86. The summed E-state index contributed by atoms with van der Waals surface area (Å²) in [5.74, 6) is 0.878. The number of aliphatic hydroxyl groups excluding tert-OH is 1. The van der Waals surface area contributed by atoms with Crippen molar-refractivity contribution < 1.29 is 9.84 Å². The Labute approximate surface area is 161 Å². The molecule has 2 atom stereocenters. The van der Waals surface area contributed by atoms with Crippen LogP contribution < -0.4 is 10.1 Å². The van der Waals surface area contributed by atoms with Crippen LogP contribution in [0.3, 0.4) is 0 Å². The van der Waals surface area contributed by atoms with E-state index in [9.17, 15) is 5.11 Å². The van der Waals surface area contributed by atoms with Crippen molar-refractivity contribution in [2.24, 2.45) is 0 Å². The van der Waals surface area contributed by atoms with Gasteiger partial charge in [0.15, 0.2) is 0 Å². The van der Waals surface area contributed by atoms with Gasteiger partial charge in [0.05, 0.1) is 6.10 Å². The third-order valence-corrected chi connectivity index (χ3v) is 4.56. The summed E-state index contributed by atoms with van der Waals surface area (Å²) < 4.78 is 5.83. The maximum atomic E-state index is 10.2. The molecule has 3 aromatic carbocycles. The summed E-state index contributed by atoms with van der Waals surface area (Å²) in [5, 5.41) is 13.7. The summed E-state index contributed by atoms with van der Waals surface area (Å²) in [6, 6.07) is 28.4. The van der Waals surface area contributed by atoms with E-state index < -0.39 is 6.10 Å². The Morgan fingerprint density at radius 2 is 1.44 bits per heavy atom. The molecule has 0 saturated carbocycles. The predicted octanol–water partition coefficient (Wildman–Crippen LogP) is 4.52. The Morgan fingerprint density at radius 1 is 0.815 bits per heavy atom. The van der Waals surface area contributed by atoms with E-state index in [2.05, 4.69) is 36.5 Å². The Kier molecular flexibility index (Phi) is 7.03. The van der Waals surface area contributed by atoms with Crippen LogP contribution in [-0.2, 0) is 13.0 Å². The first-order chi connectivity index (χ1) is 13.2. The summed E-state index contributed by atoms with van der Waals surface area (Å²) in [5.41, 5.74) is 3.35. The third-order valence-electron chi connectivity index (χ3n) is 4.56. The van der Waals surface area contributed by atoms with Crippen molar-refractivity contribution >= 4 is 0 Å². The molecule has 2 N–H and O–H groups in total. The maximum absolute atomic E-state index is 10.2. The molecule has 27 heavy (non-hydrogen) atoms. The summed E-state index contributed by atoms with van der Waals surface area (Å²) in [6.45, 7) is 3.26. The minimum atomic E-state index is -0.484. The van der Waals surface area contributed by atoms with Crippen molar-refractivity contribution in [2.75, 3.05) is 6.54 Å². The van der Waals surface area contributed by atoms with Crippen LogP contribution in [0.2, 0.25) is 0 Å². The van der Waals surface area contributed by atoms with Gasteiger partial charge in [0.25, 0.3) is 0 Å². The highest BCUT2D eigenvalue weighted by Crippen LogP contribution is 2.16. The second-order valence-corrected chi connectivity index (χ2v) is 6.86. The van der Waals surface area contributed by atoms with Crippen molar-refractivity contribution in [3.8, 4) is 5.75 Å². The standard InChI is InChI=1S/C24H27NO2/c1-19(25-17-24(26)22-10-6-3-7-11-22)16-20-12-14-23(15-13-20)27-18-21-8-4-2-5-9-21/h2-15,19,24-26H,16-18H2,1H3/t19-,24+/m1/s1. The van der Waals surface area contributed by atoms with E-state index in [1.807, 2.05) is 60.7 Å². The Morgan fingerprint density at radius 3 is 2.11 bits per heavy atom. The summed E-state index contributed by atoms with van der Waals surface area (Å²) in [7, 11) is 0. The first-order valence-corrected chi connectivity index (χ1v) is 9.43. The first kappa shape index (κ1) is 19.2. The second kappa shape index (κ2) is 9.91. The molecular weight excluding hydrogens is 334 g/mol. The Hall–Kier alpha value is -2.62. The average molecular weight is 361 g/mol. The molecule has 0 aromatic heterocycles. The van der Waals surface area contributed by atoms with Crippen LogP contribution in [0.1, 0.15) is 29.7 Å². The highest BCUT2D eigenvalue weighted by atomic mass is 16.5. The number of ether oxygens (including phenoxy) is 1. The quantitative estimate of drug-likeness (QED) is 0.589. The zero-order chi connectivity index (χ0) is 18.9. The van der Waals surface area contributed by atoms with E-state index in [1.165, 1.54) is 5.56 Å². The fraction of sp³-hybridized carbons (Fsp3) is 0.250. The van der Waals surface area contributed by atoms with E-state index in [-0.39, 0.29) is 6.04 Å². The van der Waals surface area contributed by atoms with Crippen LogP contribution in [0.4, 0.5) is 0 Å². The van der Waals surface area contributed by atoms with Gasteiger partial charge in [-0.25, -0.2) is 0 Å². The highest BCUT2D eigenvalue weighted by Gasteiger charge is 2.09. The van der Waals surface area contributed by atoms with E-state index in [0.717, 1.165) is 23.3 Å². The topological polar surface area (TPSA) is 41.5 Å². The molecule has 0 amide bonds. The lowest BCUT2D eigenvalue weighted by Gasteiger charge is -2.17. The van der Waals surface area contributed by atoms with Gasteiger partial charge < -0.3 is 15.2 Å². The molecule has 0 unspecified atom stereocenters. The van der Waals surface area contributed by atoms with Gasteiger partial charge in [-0.3, -0.25) is 0 Å². The molecule has 0 spiro atoms. The molecule has 0 aliphatic rings. The first-order valence-electron chi connectivity index (χ1n) is 9.43. The van der Waals surface area contributed by atoms with Crippen molar-refractivity contribution in [3.05, 3.63) is 102 Å².